The fourth-order valence-electron chi connectivity index (χ4n) is 2.07. The van der Waals surface area contributed by atoms with E-state index in [-0.39, 0.29) is 12.1 Å². The molecular weight excluding hydrogens is 468 g/mol. The van der Waals surface area contributed by atoms with E-state index < -0.39 is 5.97 Å². The summed E-state index contributed by atoms with van der Waals surface area (Å²) < 4.78 is 12.5. The summed E-state index contributed by atoms with van der Waals surface area (Å²) in [6, 6.07) is 8.08. The molecule has 0 bridgehead atoms. The second-order valence-corrected chi connectivity index (χ2v) is 6.64. The average Bonchev–Trinajstić information content (AvgIpc) is 2.64. The first-order valence-electron chi connectivity index (χ1n) is 7.47. The molecule has 136 valence electrons. The Labute approximate surface area is 167 Å². The van der Waals surface area contributed by atoms with Crippen LogP contribution in [0.15, 0.2) is 62.2 Å². The van der Waals surface area contributed by atoms with Crippen molar-refractivity contribution in [2.75, 3.05) is 13.7 Å². The minimum absolute atomic E-state index is 0.163. The Hall–Kier alpha value is -2.19. The van der Waals surface area contributed by atoms with E-state index in [1.807, 2.05) is 0 Å². The number of halogens is 2. The number of methoxy groups -OCH3 is 1. The molecule has 26 heavy (non-hydrogen) atoms. The summed E-state index contributed by atoms with van der Waals surface area (Å²) in [6.07, 6.45) is 1.65. The van der Waals surface area contributed by atoms with Crippen molar-refractivity contribution in [3.63, 3.8) is 0 Å². The number of benzene rings is 2. The van der Waals surface area contributed by atoms with Crippen LogP contribution in [0.4, 0.5) is 5.69 Å². The molecule has 2 aromatic rings. The highest BCUT2D eigenvalue weighted by Gasteiger charge is 2.16. The van der Waals surface area contributed by atoms with Gasteiger partial charge in [-0.1, -0.05) is 18.7 Å². The van der Waals surface area contributed by atoms with Gasteiger partial charge >= 0.3 is 5.97 Å². The van der Waals surface area contributed by atoms with Crippen LogP contribution in [0.1, 0.15) is 15.9 Å². The third-order valence-electron chi connectivity index (χ3n) is 3.29. The fourth-order valence-corrected chi connectivity index (χ4v) is 3.06. The van der Waals surface area contributed by atoms with Crippen molar-refractivity contribution < 1.29 is 19.4 Å². The maximum Gasteiger partial charge on any atom is 0.335 e. The minimum atomic E-state index is -1.01. The Kier molecular flexibility index (Phi) is 7.35. The highest BCUT2D eigenvalue weighted by molar-refractivity contribution is 9.13. The van der Waals surface area contributed by atoms with Gasteiger partial charge in [-0.2, -0.15) is 10.2 Å². The van der Waals surface area contributed by atoms with Gasteiger partial charge in [-0.3, -0.25) is 0 Å². The molecule has 2 rings (SSSR count). The van der Waals surface area contributed by atoms with Crippen molar-refractivity contribution >= 4 is 43.5 Å². The molecular formula is C18H16Br2N2O4. The molecule has 0 fully saturated rings. The van der Waals surface area contributed by atoms with Crippen LogP contribution in [0.25, 0.3) is 0 Å². The number of ether oxygens (including phenoxy) is 2. The Morgan fingerprint density at radius 2 is 2.08 bits per heavy atom. The first kappa shape index (κ1) is 20.1. The first-order chi connectivity index (χ1) is 12.5. The highest BCUT2D eigenvalue weighted by atomic mass is 79.9. The lowest BCUT2D eigenvalue weighted by molar-refractivity contribution is 0.0697. The second-order valence-electron chi connectivity index (χ2n) is 5.05. The van der Waals surface area contributed by atoms with Crippen LogP contribution in [0, 0.1) is 0 Å². The van der Waals surface area contributed by atoms with Crippen LogP contribution in [0.2, 0.25) is 0 Å². The molecule has 0 aliphatic rings. The quantitative estimate of drug-likeness (QED) is 0.382. The highest BCUT2D eigenvalue weighted by Crippen LogP contribution is 2.43. The van der Waals surface area contributed by atoms with Gasteiger partial charge < -0.3 is 14.6 Å². The third-order valence-corrected chi connectivity index (χ3v) is 5.48. The van der Waals surface area contributed by atoms with E-state index in [1.165, 1.54) is 12.1 Å². The van der Waals surface area contributed by atoms with Crippen LogP contribution in [0.5, 0.6) is 11.5 Å². The lowest BCUT2D eigenvalue weighted by Crippen LogP contribution is -1.99. The molecule has 0 heterocycles. The molecule has 0 radical (unpaired) electrons. The van der Waals surface area contributed by atoms with Crippen LogP contribution >= 0.6 is 31.9 Å². The Morgan fingerprint density at radius 1 is 1.31 bits per heavy atom. The standard InChI is InChI=1S/C18H16Br2N2O4/c1-3-7-26-17-14(25-2)9-12(15(19)16(17)20)10-21-22-13-6-4-5-11(8-13)18(23)24/h3-6,8-9H,1,7,10H2,2H3,(H,23,24). The molecule has 8 heteroatoms. The lowest BCUT2D eigenvalue weighted by atomic mass is 10.2. The fraction of sp³-hybridized carbons (Fsp3) is 0.167. The van der Waals surface area contributed by atoms with Crippen molar-refractivity contribution in [1.29, 1.82) is 0 Å². The van der Waals surface area contributed by atoms with Crippen LogP contribution in [-0.2, 0) is 6.54 Å². The van der Waals surface area contributed by atoms with Gasteiger partial charge in [0.05, 0.1) is 29.4 Å². The molecule has 0 saturated carbocycles. The van der Waals surface area contributed by atoms with Crippen molar-refractivity contribution in [2.24, 2.45) is 10.2 Å². The van der Waals surface area contributed by atoms with Gasteiger partial charge in [-0.25, -0.2) is 4.79 Å². The van der Waals surface area contributed by atoms with E-state index in [4.69, 9.17) is 14.6 Å². The van der Waals surface area contributed by atoms with Crippen LogP contribution in [0.3, 0.4) is 0 Å². The zero-order valence-electron chi connectivity index (χ0n) is 13.9. The molecule has 1 N–H and O–H groups in total. The molecule has 0 spiro atoms. The Morgan fingerprint density at radius 3 is 2.73 bits per heavy atom. The van der Waals surface area contributed by atoms with Gasteiger partial charge in [-0.05, 0) is 61.7 Å². The second kappa shape index (κ2) is 9.49. The van der Waals surface area contributed by atoms with Crippen LogP contribution in [-0.4, -0.2) is 24.8 Å². The van der Waals surface area contributed by atoms with Crippen molar-refractivity contribution in [3.05, 3.63) is 63.1 Å². The predicted octanol–water partition coefficient (Wildman–Crippen LogP) is 5.77. The number of carboxylic acid groups (broad SMARTS) is 1. The molecule has 6 nitrogen and oxygen atoms in total. The number of carbonyl (C=O) groups is 1. The molecule has 2 aromatic carbocycles. The first-order valence-corrected chi connectivity index (χ1v) is 9.06. The number of rotatable bonds is 8. The Balaban J connectivity index is 2.24. The molecule has 0 aliphatic carbocycles. The number of aromatic carboxylic acids is 1. The SMILES string of the molecule is C=CCOc1c(OC)cc(CN=Nc2cccc(C(=O)O)c2)c(Br)c1Br. The van der Waals surface area contributed by atoms with E-state index in [0.717, 1.165) is 10.0 Å². The minimum Gasteiger partial charge on any atom is -0.493 e. The summed E-state index contributed by atoms with van der Waals surface area (Å²) in [5, 5.41) is 17.2. The predicted molar refractivity (Wildman–Crippen MR) is 106 cm³/mol. The van der Waals surface area contributed by atoms with E-state index in [9.17, 15) is 4.79 Å². The molecule has 0 aliphatic heterocycles. The molecule has 0 aromatic heterocycles. The lowest BCUT2D eigenvalue weighted by Gasteiger charge is -2.15. The number of azo groups is 1. The Bertz CT molecular complexity index is 853. The number of nitrogens with zero attached hydrogens (tertiary/aromatic N) is 2. The molecule has 0 atom stereocenters. The van der Waals surface area contributed by atoms with Crippen LogP contribution < -0.4 is 9.47 Å². The molecule has 0 unspecified atom stereocenters. The van der Waals surface area contributed by atoms with E-state index >= 15 is 0 Å². The smallest absolute Gasteiger partial charge is 0.335 e. The van der Waals surface area contributed by atoms with Gasteiger partial charge in [0.15, 0.2) is 11.5 Å². The van der Waals surface area contributed by atoms with E-state index in [0.29, 0.717) is 28.3 Å². The van der Waals surface area contributed by atoms with Gasteiger partial charge in [-0.15, -0.1) is 0 Å². The summed E-state index contributed by atoms with van der Waals surface area (Å²) in [6.45, 7) is 4.25. The van der Waals surface area contributed by atoms with Crippen molar-refractivity contribution in [2.45, 2.75) is 6.54 Å². The molecule has 0 amide bonds. The molecule has 0 saturated heterocycles. The zero-order valence-corrected chi connectivity index (χ0v) is 17.1. The zero-order chi connectivity index (χ0) is 19.1. The van der Waals surface area contributed by atoms with E-state index in [1.54, 1.807) is 31.4 Å². The largest absolute Gasteiger partial charge is 0.493 e. The van der Waals surface area contributed by atoms with E-state index in [2.05, 4.69) is 48.7 Å². The summed E-state index contributed by atoms with van der Waals surface area (Å²) >= 11 is 7.01. The van der Waals surface area contributed by atoms with Gasteiger partial charge in [0.25, 0.3) is 0 Å². The summed E-state index contributed by atoms with van der Waals surface area (Å²) in [7, 11) is 1.55. The summed E-state index contributed by atoms with van der Waals surface area (Å²) in [5.74, 6) is 0.114. The number of carboxylic acids is 1. The maximum absolute atomic E-state index is 11.0. The van der Waals surface area contributed by atoms with Crippen molar-refractivity contribution in [1.82, 2.24) is 0 Å². The topological polar surface area (TPSA) is 80.5 Å². The van der Waals surface area contributed by atoms with Crippen molar-refractivity contribution in [3.8, 4) is 11.5 Å². The van der Waals surface area contributed by atoms with Gasteiger partial charge in [0.2, 0.25) is 0 Å². The average molecular weight is 484 g/mol. The number of hydrogen-bond donors (Lipinski definition) is 1. The monoisotopic (exact) mass is 482 g/mol. The summed E-state index contributed by atoms with van der Waals surface area (Å²) in [5.41, 5.74) is 1.46. The summed E-state index contributed by atoms with van der Waals surface area (Å²) in [4.78, 5) is 11.0. The third kappa shape index (κ3) is 4.92. The normalized spacial score (nSPS) is 10.7. The maximum atomic E-state index is 11.0. The number of hydrogen-bond acceptors (Lipinski definition) is 5. The van der Waals surface area contributed by atoms with Gasteiger partial charge in [0, 0.05) is 4.47 Å². The van der Waals surface area contributed by atoms with Gasteiger partial charge in [0.1, 0.15) is 6.61 Å².